The molecule has 1 unspecified atom stereocenters. The van der Waals surface area contributed by atoms with Crippen molar-refractivity contribution in [2.45, 2.75) is 32.8 Å². The van der Waals surface area contributed by atoms with Crippen molar-refractivity contribution >= 4 is 0 Å². The molecule has 0 fully saturated rings. The van der Waals surface area contributed by atoms with Gasteiger partial charge in [0, 0.05) is 6.61 Å². The highest BCUT2D eigenvalue weighted by molar-refractivity contribution is 4.43. The van der Waals surface area contributed by atoms with Gasteiger partial charge in [0.1, 0.15) is 0 Å². The largest absolute Gasteiger partial charge is 0.394 e. The summed E-state index contributed by atoms with van der Waals surface area (Å²) in [7, 11) is 0. The Labute approximate surface area is 74.7 Å². The van der Waals surface area contributed by atoms with E-state index in [1.54, 1.807) is 0 Å². The molecular formula is C9H20O3. The molecule has 0 saturated heterocycles. The van der Waals surface area contributed by atoms with Crippen molar-refractivity contribution in [1.29, 1.82) is 0 Å². The summed E-state index contributed by atoms with van der Waals surface area (Å²) < 4.78 is 10.5. The minimum atomic E-state index is -0.0697. The Morgan fingerprint density at radius 1 is 1.25 bits per heavy atom. The first-order valence-electron chi connectivity index (χ1n) is 4.61. The molecule has 0 saturated carbocycles. The van der Waals surface area contributed by atoms with Crippen LogP contribution in [0, 0.1) is 0 Å². The molecule has 0 aromatic heterocycles. The maximum atomic E-state index is 8.61. The van der Waals surface area contributed by atoms with Gasteiger partial charge in [-0.2, -0.15) is 0 Å². The second-order valence-electron chi connectivity index (χ2n) is 2.83. The van der Waals surface area contributed by atoms with Crippen molar-refractivity contribution in [3.63, 3.8) is 0 Å². The molecule has 0 spiro atoms. The standard InChI is InChI=1S/C9H20O3/c1-3-4-5-11-6-7-12-9(2)8-10/h9-10H,3-8H2,1-2H3. The zero-order chi connectivity index (χ0) is 9.23. The highest BCUT2D eigenvalue weighted by Crippen LogP contribution is 1.90. The molecule has 1 N–H and O–H groups in total. The number of hydrogen-bond donors (Lipinski definition) is 1. The molecule has 3 nitrogen and oxygen atoms in total. The molecule has 74 valence electrons. The van der Waals surface area contributed by atoms with Crippen molar-refractivity contribution in [1.82, 2.24) is 0 Å². The van der Waals surface area contributed by atoms with Crippen molar-refractivity contribution in [2.24, 2.45) is 0 Å². The summed E-state index contributed by atoms with van der Waals surface area (Å²) in [6, 6.07) is 0. The summed E-state index contributed by atoms with van der Waals surface area (Å²) in [4.78, 5) is 0. The molecule has 0 aromatic carbocycles. The number of aliphatic hydroxyl groups excluding tert-OH is 1. The van der Waals surface area contributed by atoms with E-state index in [9.17, 15) is 0 Å². The number of rotatable bonds is 8. The van der Waals surface area contributed by atoms with Crippen LogP contribution in [0.2, 0.25) is 0 Å². The predicted octanol–water partition coefficient (Wildman–Crippen LogP) is 1.20. The van der Waals surface area contributed by atoms with Crippen molar-refractivity contribution in [3.05, 3.63) is 0 Å². The van der Waals surface area contributed by atoms with Crippen LogP contribution in [0.1, 0.15) is 26.7 Å². The van der Waals surface area contributed by atoms with Gasteiger partial charge in [-0.15, -0.1) is 0 Å². The van der Waals surface area contributed by atoms with E-state index in [1.165, 1.54) is 0 Å². The molecule has 1 atom stereocenters. The lowest BCUT2D eigenvalue weighted by atomic mass is 10.4. The van der Waals surface area contributed by atoms with Gasteiger partial charge in [-0.25, -0.2) is 0 Å². The lowest BCUT2D eigenvalue weighted by Gasteiger charge is -2.09. The molecule has 0 bridgehead atoms. The second kappa shape index (κ2) is 8.97. The summed E-state index contributed by atoms with van der Waals surface area (Å²) in [6.07, 6.45) is 2.20. The molecule has 0 amide bonds. The molecule has 12 heavy (non-hydrogen) atoms. The van der Waals surface area contributed by atoms with Crippen LogP contribution >= 0.6 is 0 Å². The van der Waals surface area contributed by atoms with Gasteiger partial charge >= 0.3 is 0 Å². The molecule has 0 radical (unpaired) electrons. The average molecular weight is 176 g/mol. The van der Waals surface area contributed by atoms with E-state index in [2.05, 4.69) is 6.92 Å². The average Bonchev–Trinajstić information content (AvgIpc) is 2.10. The molecule has 0 aromatic rings. The molecular weight excluding hydrogens is 156 g/mol. The van der Waals surface area contributed by atoms with E-state index < -0.39 is 0 Å². The van der Waals surface area contributed by atoms with Crippen LogP contribution in [0.4, 0.5) is 0 Å². The topological polar surface area (TPSA) is 38.7 Å². The quantitative estimate of drug-likeness (QED) is 0.565. The molecule has 0 aliphatic rings. The maximum absolute atomic E-state index is 8.61. The molecule has 0 heterocycles. The SMILES string of the molecule is CCCCOCCOC(C)CO. The second-order valence-corrected chi connectivity index (χ2v) is 2.83. The summed E-state index contributed by atoms with van der Waals surface area (Å²) >= 11 is 0. The zero-order valence-corrected chi connectivity index (χ0v) is 8.08. The number of ether oxygens (including phenoxy) is 2. The monoisotopic (exact) mass is 176 g/mol. The third kappa shape index (κ3) is 7.98. The molecule has 0 aliphatic heterocycles. The highest BCUT2D eigenvalue weighted by atomic mass is 16.5. The van der Waals surface area contributed by atoms with E-state index in [4.69, 9.17) is 14.6 Å². The van der Waals surface area contributed by atoms with Gasteiger partial charge in [-0.1, -0.05) is 13.3 Å². The lowest BCUT2D eigenvalue weighted by Crippen LogP contribution is -2.16. The van der Waals surface area contributed by atoms with Crippen LogP contribution < -0.4 is 0 Å². The van der Waals surface area contributed by atoms with E-state index in [1.807, 2.05) is 6.92 Å². The van der Waals surface area contributed by atoms with Crippen LogP contribution in [-0.4, -0.2) is 37.6 Å². The number of unbranched alkanes of at least 4 members (excludes halogenated alkanes) is 1. The van der Waals surface area contributed by atoms with Gasteiger partial charge in [-0.3, -0.25) is 0 Å². The fraction of sp³-hybridized carbons (Fsp3) is 1.00. The Morgan fingerprint density at radius 3 is 2.58 bits per heavy atom. The fourth-order valence-corrected chi connectivity index (χ4v) is 0.709. The van der Waals surface area contributed by atoms with E-state index in [-0.39, 0.29) is 12.7 Å². The third-order valence-corrected chi connectivity index (χ3v) is 1.53. The van der Waals surface area contributed by atoms with Crippen molar-refractivity contribution in [3.8, 4) is 0 Å². The van der Waals surface area contributed by atoms with Crippen LogP contribution in [0.15, 0.2) is 0 Å². The van der Waals surface area contributed by atoms with E-state index in [0.29, 0.717) is 13.2 Å². The number of hydrogen-bond acceptors (Lipinski definition) is 3. The van der Waals surface area contributed by atoms with Gasteiger partial charge in [0.05, 0.1) is 25.9 Å². The smallest absolute Gasteiger partial charge is 0.0778 e. The minimum Gasteiger partial charge on any atom is -0.394 e. The van der Waals surface area contributed by atoms with Crippen LogP contribution in [0.3, 0.4) is 0 Å². The van der Waals surface area contributed by atoms with E-state index in [0.717, 1.165) is 19.4 Å². The number of aliphatic hydroxyl groups is 1. The van der Waals surface area contributed by atoms with Gasteiger partial charge in [0.25, 0.3) is 0 Å². The van der Waals surface area contributed by atoms with Gasteiger partial charge in [-0.05, 0) is 13.3 Å². The third-order valence-electron chi connectivity index (χ3n) is 1.53. The van der Waals surface area contributed by atoms with E-state index >= 15 is 0 Å². The Hall–Kier alpha value is -0.120. The Bertz CT molecular complexity index is 85.8. The highest BCUT2D eigenvalue weighted by Gasteiger charge is 1.97. The molecule has 0 aliphatic carbocycles. The van der Waals surface area contributed by atoms with Crippen LogP contribution in [-0.2, 0) is 9.47 Å². The fourth-order valence-electron chi connectivity index (χ4n) is 0.709. The normalized spacial score (nSPS) is 13.2. The lowest BCUT2D eigenvalue weighted by molar-refractivity contribution is -0.0107. The van der Waals surface area contributed by atoms with Gasteiger partial charge in [0.2, 0.25) is 0 Å². The first-order valence-corrected chi connectivity index (χ1v) is 4.61. The van der Waals surface area contributed by atoms with Crippen LogP contribution in [0.5, 0.6) is 0 Å². The first kappa shape index (κ1) is 11.9. The Morgan fingerprint density at radius 2 is 2.00 bits per heavy atom. The first-order chi connectivity index (χ1) is 5.81. The van der Waals surface area contributed by atoms with Crippen molar-refractivity contribution in [2.75, 3.05) is 26.4 Å². The minimum absolute atomic E-state index is 0.0697. The summed E-state index contributed by atoms with van der Waals surface area (Å²) in [6.45, 7) is 6.07. The summed E-state index contributed by atoms with van der Waals surface area (Å²) in [5, 5.41) is 8.61. The van der Waals surface area contributed by atoms with Crippen molar-refractivity contribution < 1.29 is 14.6 Å². The van der Waals surface area contributed by atoms with Crippen LogP contribution in [0.25, 0.3) is 0 Å². The van der Waals surface area contributed by atoms with Gasteiger partial charge in [0.15, 0.2) is 0 Å². The Kier molecular flexibility index (Phi) is 8.88. The predicted molar refractivity (Wildman–Crippen MR) is 48.2 cm³/mol. The summed E-state index contributed by atoms with van der Waals surface area (Å²) in [5.41, 5.74) is 0. The molecule has 3 heteroatoms. The Balaban J connectivity index is 2.90. The summed E-state index contributed by atoms with van der Waals surface area (Å²) in [5.74, 6) is 0. The van der Waals surface area contributed by atoms with Gasteiger partial charge < -0.3 is 14.6 Å². The molecule has 0 rings (SSSR count). The zero-order valence-electron chi connectivity index (χ0n) is 8.08. The maximum Gasteiger partial charge on any atom is 0.0778 e.